The van der Waals surface area contributed by atoms with E-state index in [1.54, 1.807) is 0 Å². The predicted octanol–water partition coefficient (Wildman–Crippen LogP) is 4.70. The second kappa shape index (κ2) is 13.0. The molecule has 27 heavy (non-hydrogen) atoms. The largest absolute Gasteiger partial charge is 2.00 e. The zero-order valence-corrected chi connectivity index (χ0v) is 25.9. The Labute approximate surface area is 194 Å². The summed E-state index contributed by atoms with van der Waals surface area (Å²) in [5.74, 6) is 0. The first-order valence-electron chi connectivity index (χ1n) is 9.85. The van der Waals surface area contributed by atoms with Crippen LogP contribution in [-0.2, 0) is 34.4 Å². The normalized spacial score (nSPS) is 17.1. The van der Waals surface area contributed by atoms with Crippen molar-refractivity contribution in [2.24, 2.45) is 0 Å². The molecule has 2 rings (SSSR count). The molecule has 2 aliphatic carbocycles. The Morgan fingerprint density at radius 2 is 1.11 bits per heavy atom. The Kier molecular flexibility index (Phi) is 13.3. The summed E-state index contributed by atoms with van der Waals surface area (Å²) >= 11 is 0. The maximum absolute atomic E-state index is 6.10. The molecule has 7 heteroatoms. The number of rotatable bonds is 8. The van der Waals surface area contributed by atoms with Crippen molar-refractivity contribution in [3.63, 3.8) is 0 Å². The van der Waals surface area contributed by atoms with Crippen LogP contribution in [0.2, 0.25) is 37.3 Å². The van der Waals surface area contributed by atoms with Crippen LogP contribution in [-0.4, -0.2) is 36.2 Å². The summed E-state index contributed by atoms with van der Waals surface area (Å²) < 4.78 is 12.2. The van der Waals surface area contributed by atoms with Crippen LogP contribution >= 0.6 is 0 Å². The molecule has 0 aromatic rings. The van der Waals surface area contributed by atoms with Crippen LogP contribution in [0, 0.1) is 12.2 Å². The molecule has 2 aliphatic rings. The molecule has 0 unspecified atom stereocenters. The Bertz CT molecular complexity index is 514. The van der Waals surface area contributed by atoms with Crippen LogP contribution in [0.4, 0.5) is 0 Å². The van der Waals surface area contributed by atoms with E-state index in [2.05, 4.69) is 90.3 Å². The quantitative estimate of drug-likeness (QED) is 0.346. The van der Waals surface area contributed by atoms with Gasteiger partial charge in [0.2, 0.25) is 0 Å². The van der Waals surface area contributed by atoms with Gasteiger partial charge in [-0.15, -0.1) is 12.8 Å². The molecule has 0 aromatic heterocycles. The molecule has 150 valence electrons. The van der Waals surface area contributed by atoms with Gasteiger partial charge in [0.25, 0.3) is 0 Å². The molecular formula is C20H38O2Si4Zr. The average molecular weight is 514 g/mol. The number of allylic oxidation sites excluding steroid dienone is 8. The molecule has 0 N–H and O–H groups in total. The first kappa shape index (κ1) is 27.6. The van der Waals surface area contributed by atoms with E-state index in [0.717, 1.165) is 12.8 Å². The van der Waals surface area contributed by atoms with Crippen molar-refractivity contribution in [1.29, 1.82) is 0 Å². The third kappa shape index (κ3) is 10.8. The minimum Gasteiger partial charge on any atom is -0.459 e. The Morgan fingerprint density at radius 1 is 0.778 bits per heavy atom. The topological polar surface area (TPSA) is 18.5 Å². The second-order valence-electron chi connectivity index (χ2n) is 8.71. The average Bonchev–Trinajstić information content (AvgIpc) is 3.25. The Morgan fingerprint density at radius 3 is 1.33 bits per heavy atom. The van der Waals surface area contributed by atoms with Gasteiger partial charge in [0.15, 0.2) is 16.6 Å². The molecule has 0 radical (unpaired) electrons. The van der Waals surface area contributed by atoms with Crippen LogP contribution < -0.4 is 0 Å². The van der Waals surface area contributed by atoms with Gasteiger partial charge < -0.3 is 8.23 Å². The van der Waals surface area contributed by atoms with Gasteiger partial charge in [0, 0.05) is 0 Å². The van der Waals surface area contributed by atoms with Gasteiger partial charge in [-0.25, -0.2) is 22.5 Å². The summed E-state index contributed by atoms with van der Waals surface area (Å²) in [6.45, 7) is 18.3. The molecule has 0 heterocycles. The van der Waals surface area contributed by atoms with Crippen molar-refractivity contribution in [3.8, 4) is 0 Å². The third-order valence-corrected chi connectivity index (χ3v) is 19.8. The van der Waals surface area contributed by atoms with Gasteiger partial charge in [-0.05, 0) is 37.3 Å². The molecule has 0 atom stereocenters. The minimum atomic E-state index is -1.38. The second-order valence-corrected chi connectivity index (χ2v) is 21.8. The van der Waals surface area contributed by atoms with Crippen molar-refractivity contribution in [2.75, 3.05) is 0 Å². The van der Waals surface area contributed by atoms with E-state index in [1.165, 1.54) is 10.4 Å². The van der Waals surface area contributed by atoms with Gasteiger partial charge in [-0.1, -0.05) is 27.7 Å². The fourth-order valence-electron chi connectivity index (χ4n) is 1.96. The Balaban J connectivity index is 0.000000483. The molecule has 0 fully saturated rings. The molecular weight excluding hydrogens is 476 g/mol. The van der Waals surface area contributed by atoms with E-state index in [-0.39, 0.29) is 26.2 Å². The zero-order valence-electron chi connectivity index (χ0n) is 18.6. The van der Waals surface area contributed by atoms with Crippen molar-refractivity contribution < 1.29 is 34.4 Å². The van der Waals surface area contributed by atoms with E-state index in [4.69, 9.17) is 8.23 Å². The van der Waals surface area contributed by atoms with Crippen LogP contribution in [0.3, 0.4) is 0 Å². The Hall–Kier alpha value is 0.631. The molecule has 0 saturated carbocycles. The molecule has 0 spiro atoms. The molecule has 0 aromatic carbocycles. The first-order valence-corrected chi connectivity index (χ1v) is 18.4. The third-order valence-electron chi connectivity index (χ3n) is 5.51. The summed E-state index contributed by atoms with van der Waals surface area (Å²) in [6, 6.07) is 0. The van der Waals surface area contributed by atoms with Crippen LogP contribution in [0.1, 0.15) is 40.5 Å². The summed E-state index contributed by atoms with van der Waals surface area (Å²) in [6.07, 6.45) is 17.3. The smallest absolute Gasteiger partial charge is 0.459 e. The summed E-state index contributed by atoms with van der Waals surface area (Å²) in [7, 11) is -3.72. The number of hydrogen-bond donors (Lipinski definition) is 0. The van der Waals surface area contributed by atoms with Gasteiger partial charge >= 0.3 is 26.2 Å². The maximum Gasteiger partial charge on any atom is 2.00 e. The molecule has 0 saturated heterocycles. The van der Waals surface area contributed by atoms with Gasteiger partial charge in [-0.2, -0.15) is 12.2 Å². The van der Waals surface area contributed by atoms with Gasteiger partial charge in [0.1, 0.15) is 19.5 Å². The summed E-state index contributed by atoms with van der Waals surface area (Å²) in [5, 5.41) is 2.72. The van der Waals surface area contributed by atoms with Gasteiger partial charge in [-0.3, -0.25) is 12.2 Å². The molecule has 0 amide bonds. The fourth-order valence-corrected chi connectivity index (χ4v) is 9.86. The predicted molar refractivity (Wildman–Crippen MR) is 125 cm³/mol. The van der Waals surface area contributed by atoms with Crippen molar-refractivity contribution >= 4 is 36.2 Å². The standard InChI is InChI=1S/2C10H19OSi2.Zr/c2*1-9(2)13(3,4)11-12-10-7-5-6-8-10;/h2*5,7,9H,6,12H2,1-4H3;/q2*-1;+2. The SMILES string of the molecule is CC(C)[Si](C)(C)O[SiH2]C1=[C-]CC=C1.CC(C)[Si](C)(C)O[SiH2]C1=[C-]CC=C1.[Zr+2]. The molecule has 0 aliphatic heterocycles. The van der Waals surface area contributed by atoms with Crippen LogP contribution in [0.25, 0.3) is 0 Å². The van der Waals surface area contributed by atoms with Crippen molar-refractivity contribution in [1.82, 2.24) is 0 Å². The maximum atomic E-state index is 6.10. The summed E-state index contributed by atoms with van der Waals surface area (Å²) in [4.78, 5) is 0. The minimum absolute atomic E-state index is 0. The first-order chi connectivity index (χ1) is 12.0. The zero-order chi connectivity index (χ0) is 19.8. The summed E-state index contributed by atoms with van der Waals surface area (Å²) in [5.41, 5.74) is 1.43. The van der Waals surface area contributed by atoms with E-state index in [1.807, 2.05) is 0 Å². The van der Waals surface area contributed by atoms with E-state index < -0.39 is 36.2 Å². The molecule has 0 bridgehead atoms. The van der Waals surface area contributed by atoms with Crippen LogP contribution in [0.5, 0.6) is 0 Å². The fraction of sp³-hybridized carbons (Fsp3) is 0.600. The van der Waals surface area contributed by atoms with Crippen LogP contribution in [0.15, 0.2) is 34.7 Å². The van der Waals surface area contributed by atoms with Crippen molar-refractivity contribution in [2.45, 2.75) is 77.8 Å². The van der Waals surface area contributed by atoms with Gasteiger partial charge in [0.05, 0.1) is 0 Å². The van der Waals surface area contributed by atoms with E-state index in [0.29, 0.717) is 11.1 Å². The van der Waals surface area contributed by atoms with E-state index >= 15 is 0 Å². The number of hydrogen-bond acceptors (Lipinski definition) is 2. The van der Waals surface area contributed by atoms with Crippen molar-refractivity contribution in [3.05, 3.63) is 46.8 Å². The monoisotopic (exact) mass is 512 g/mol. The molecule has 2 nitrogen and oxygen atoms in total. The van der Waals surface area contributed by atoms with E-state index in [9.17, 15) is 0 Å².